The predicted molar refractivity (Wildman–Crippen MR) is 115 cm³/mol. The fourth-order valence-electron chi connectivity index (χ4n) is 4.06. The number of hydrogen-bond donors (Lipinski definition) is 1. The van der Waals surface area contributed by atoms with Crippen molar-refractivity contribution >= 4 is 23.2 Å². The van der Waals surface area contributed by atoms with Crippen LogP contribution in [0.3, 0.4) is 0 Å². The average Bonchev–Trinajstić information content (AvgIpc) is 3.23. The highest BCUT2D eigenvalue weighted by molar-refractivity contribution is 7.13. The summed E-state index contributed by atoms with van der Waals surface area (Å²) in [6.07, 6.45) is 2.34. The smallest absolute Gasteiger partial charge is 0.228 e. The second kappa shape index (κ2) is 8.91. The molecule has 0 bridgehead atoms. The normalized spacial score (nSPS) is 19.6. The SMILES string of the molecule is CCNC(=O)C1(Cc2ccc(-c3cccs3)cc2)CCCN(C(=O)C(C)C)C1. The first-order chi connectivity index (χ1) is 13.4. The van der Waals surface area contributed by atoms with Crippen LogP contribution in [-0.4, -0.2) is 36.3 Å². The Balaban J connectivity index is 1.83. The van der Waals surface area contributed by atoms with E-state index >= 15 is 0 Å². The van der Waals surface area contributed by atoms with Gasteiger partial charge in [0.2, 0.25) is 11.8 Å². The second-order valence-corrected chi connectivity index (χ2v) is 8.96. The number of rotatable bonds is 6. The van der Waals surface area contributed by atoms with Crippen molar-refractivity contribution in [2.45, 2.75) is 40.0 Å². The van der Waals surface area contributed by atoms with Gasteiger partial charge in [0.25, 0.3) is 0 Å². The minimum atomic E-state index is -0.552. The molecule has 4 nitrogen and oxygen atoms in total. The zero-order chi connectivity index (χ0) is 20.1. The molecule has 2 aromatic rings. The molecule has 0 radical (unpaired) electrons. The maximum Gasteiger partial charge on any atom is 0.228 e. The zero-order valence-corrected chi connectivity index (χ0v) is 17.8. The highest BCUT2D eigenvalue weighted by Gasteiger charge is 2.43. The number of thiophene rings is 1. The monoisotopic (exact) mass is 398 g/mol. The van der Waals surface area contributed by atoms with E-state index in [1.165, 1.54) is 10.4 Å². The Hall–Kier alpha value is -2.14. The van der Waals surface area contributed by atoms with Gasteiger partial charge in [-0.25, -0.2) is 0 Å². The van der Waals surface area contributed by atoms with Crippen LogP contribution in [-0.2, 0) is 16.0 Å². The number of hydrogen-bond acceptors (Lipinski definition) is 3. The summed E-state index contributed by atoms with van der Waals surface area (Å²) in [5.74, 6) is 0.162. The second-order valence-electron chi connectivity index (χ2n) is 8.01. The largest absolute Gasteiger partial charge is 0.356 e. The molecule has 1 saturated heterocycles. The maximum atomic E-state index is 13.1. The summed E-state index contributed by atoms with van der Waals surface area (Å²) in [7, 11) is 0. The first-order valence-corrected chi connectivity index (χ1v) is 11.0. The molecule has 1 atom stereocenters. The molecule has 1 aromatic carbocycles. The number of benzene rings is 1. The van der Waals surface area contributed by atoms with Gasteiger partial charge in [-0.2, -0.15) is 0 Å². The lowest BCUT2D eigenvalue weighted by Gasteiger charge is -2.42. The minimum absolute atomic E-state index is 0.0462. The molecule has 1 aliphatic rings. The molecule has 5 heteroatoms. The number of carbonyl (C=O) groups excluding carboxylic acids is 2. The lowest BCUT2D eigenvalue weighted by atomic mass is 9.74. The van der Waals surface area contributed by atoms with Crippen LogP contribution < -0.4 is 5.32 Å². The fraction of sp³-hybridized carbons (Fsp3) is 0.478. The van der Waals surface area contributed by atoms with E-state index in [1.54, 1.807) is 11.3 Å². The van der Waals surface area contributed by atoms with Crippen molar-refractivity contribution in [2.24, 2.45) is 11.3 Å². The van der Waals surface area contributed by atoms with Crippen LogP contribution in [0.5, 0.6) is 0 Å². The van der Waals surface area contributed by atoms with Crippen LogP contribution in [0.15, 0.2) is 41.8 Å². The number of piperidine rings is 1. The molecule has 150 valence electrons. The Labute approximate surface area is 172 Å². The third-order valence-corrected chi connectivity index (χ3v) is 6.42. The zero-order valence-electron chi connectivity index (χ0n) is 17.0. The molecule has 1 N–H and O–H groups in total. The van der Waals surface area contributed by atoms with Crippen LogP contribution in [0.2, 0.25) is 0 Å². The fourth-order valence-corrected chi connectivity index (χ4v) is 4.80. The summed E-state index contributed by atoms with van der Waals surface area (Å²) in [5, 5.41) is 5.10. The van der Waals surface area contributed by atoms with Crippen LogP contribution >= 0.6 is 11.3 Å². The van der Waals surface area contributed by atoms with Gasteiger partial charge < -0.3 is 10.2 Å². The third kappa shape index (κ3) is 4.46. The topological polar surface area (TPSA) is 49.4 Å². The van der Waals surface area contributed by atoms with Crippen LogP contribution in [0.25, 0.3) is 10.4 Å². The van der Waals surface area contributed by atoms with Crippen molar-refractivity contribution < 1.29 is 9.59 Å². The molecule has 1 aliphatic heterocycles. The standard InChI is InChI=1S/C23H30N2O2S/c1-4-24-22(27)23(12-6-13-25(16-23)21(26)17(2)3)15-18-8-10-19(11-9-18)20-7-5-14-28-20/h5,7-11,14,17H,4,6,12-13,15-16H2,1-3H3,(H,24,27). The Morgan fingerprint density at radius 3 is 2.57 bits per heavy atom. The summed E-state index contributed by atoms with van der Waals surface area (Å²) in [4.78, 5) is 28.8. The molecular formula is C23H30N2O2S. The summed E-state index contributed by atoms with van der Waals surface area (Å²) in [5.41, 5.74) is 1.79. The molecule has 2 heterocycles. The highest BCUT2D eigenvalue weighted by atomic mass is 32.1. The van der Waals surface area contributed by atoms with Gasteiger partial charge in [-0.3, -0.25) is 9.59 Å². The van der Waals surface area contributed by atoms with Gasteiger partial charge in [0, 0.05) is 30.4 Å². The Bertz CT molecular complexity index is 799. The molecule has 2 amide bonds. The summed E-state index contributed by atoms with van der Waals surface area (Å²) >= 11 is 1.73. The van der Waals surface area contributed by atoms with E-state index in [-0.39, 0.29) is 17.7 Å². The lowest BCUT2D eigenvalue weighted by Crippen LogP contribution is -2.55. The van der Waals surface area contributed by atoms with Crippen LogP contribution in [0.1, 0.15) is 39.2 Å². The van der Waals surface area contributed by atoms with Gasteiger partial charge in [0.15, 0.2) is 0 Å². The van der Waals surface area contributed by atoms with Gasteiger partial charge in [0.1, 0.15) is 0 Å². The number of amides is 2. The molecule has 0 aliphatic carbocycles. The van der Waals surface area contributed by atoms with Gasteiger partial charge in [-0.1, -0.05) is 44.2 Å². The van der Waals surface area contributed by atoms with Crippen molar-refractivity contribution in [3.8, 4) is 10.4 Å². The highest BCUT2D eigenvalue weighted by Crippen LogP contribution is 2.35. The van der Waals surface area contributed by atoms with Gasteiger partial charge >= 0.3 is 0 Å². The molecule has 0 saturated carbocycles. The van der Waals surface area contributed by atoms with E-state index in [9.17, 15) is 9.59 Å². The minimum Gasteiger partial charge on any atom is -0.356 e. The van der Waals surface area contributed by atoms with E-state index in [2.05, 4.69) is 47.1 Å². The van der Waals surface area contributed by atoms with Gasteiger partial charge in [-0.15, -0.1) is 11.3 Å². The summed E-state index contributed by atoms with van der Waals surface area (Å²) in [6, 6.07) is 12.7. The molecule has 0 spiro atoms. The lowest BCUT2D eigenvalue weighted by molar-refractivity contribution is -0.143. The van der Waals surface area contributed by atoms with E-state index < -0.39 is 5.41 Å². The van der Waals surface area contributed by atoms with E-state index in [4.69, 9.17) is 0 Å². The first kappa shape index (κ1) is 20.6. The third-order valence-electron chi connectivity index (χ3n) is 5.50. The quantitative estimate of drug-likeness (QED) is 0.786. The van der Waals surface area contributed by atoms with E-state index in [0.717, 1.165) is 24.9 Å². The Kier molecular flexibility index (Phi) is 6.55. The van der Waals surface area contributed by atoms with Gasteiger partial charge in [-0.05, 0) is 48.8 Å². The van der Waals surface area contributed by atoms with Crippen molar-refractivity contribution in [3.63, 3.8) is 0 Å². The number of nitrogens with one attached hydrogen (secondary N) is 1. The van der Waals surface area contributed by atoms with Crippen molar-refractivity contribution in [3.05, 3.63) is 47.3 Å². The molecule has 28 heavy (non-hydrogen) atoms. The van der Waals surface area contributed by atoms with Crippen LogP contribution in [0.4, 0.5) is 0 Å². The molecular weight excluding hydrogens is 368 g/mol. The summed E-state index contributed by atoms with van der Waals surface area (Å²) in [6.45, 7) is 7.65. The van der Waals surface area contributed by atoms with E-state index in [0.29, 0.717) is 19.5 Å². The Morgan fingerprint density at radius 2 is 1.96 bits per heavy atom. The number of likely N-dealkylation sites (tertiary alicyclic amines) is 1. The van der Waals surface area contributed by atoms with Gasteiger partial charge in [0.05, 0.1) is 5.41 Å². The predicted octanol–water partition coefficient (Wildman–Crippen LogP) is 4.36. The molecule has 3 rings (SSSR count). The first-order valence-electron chi connectivity index (χ1n) is 10.1. The van der Waals surface area contributed by atoms with Crippen molar-refractivity contribution in [1.82, 2.24) is 10.2 Å². The van der Waals surface area contributed by atoms with Crippen molar-refractivity contribution in [2.75, 3.05) is 19.6 Å². The Morgan fingerprint density at radius 1 is 1.21 bits per heavy atom. The molecule has 1 unspecified atom stereocenters. The molecule has 1 fully saturated rings. The van der Waals surface area contributed by atoms with Crippen LogP contribution in [0, 0.1) is 11.3 Å². The van der Waals surface area contributed by atoms with E-state index in [1.807, 2.05) is 25.7 Å². The summed E-state index contributed by atoms with van der Waals surface area (Å²) < 4.78 is 0. The average molecular weight is 399 g/mol. The maximum absolute atomic E-state index is 13.1. The number of nitrogens with zero attached hydrogens (tertiary/aromatic N) is 1. The molecule has 1 aromatic heterocycles. The number of carbonyl (C=O) groups is 2. The van der Waals surface area contributed by atoms with Crippen molar-refractivity contribution in [1.29, 1.82) is 0 Å².